The first kappa shape index (κ1) is 19.4. The van der Waals surface area contributed by atoms with E-state index >= 15 is 0 Å². The van der Waals surface area contributed by atoms with Crippen molar-refractivity contribution in [3.05, 3.63) is 51.5 Å². The van der Waals surface area contributed by atoms with Gasteiger partial charge in [0.15, 0.2) is 0 Å². The summed E-state index contributed by atoms with van der Waals surface area (Å²) in [4.78, 5) is 16.1. The third kappa shape index (κ3) is 5.87. The van der Waals surface area contributed by atoms with Gasteiger partial charge in [0.2, 0.25) is 17.0 Å². The Kier molecular flexibility index (Phi) is 6.70. The van der Waals surface area contributed by atoms with Crippen molar-refractivity contribution in [2.24, 2.45) is 21.7 Å². The number of anilines is 1. The van der Waals surface area contributed by atoms with Crippen LogP contribution >= 0.6 is 22.9 Å². The number of rotatable bonds is 6. The van der Waals surface area contributed by atoms with Gasteiger partial charge in [-0.05, 0) is 30.7 Å². The molecule has 6 N–H and O–H groups in total. The van der Waals surface area contributed by atoms with Gasteiger partial charge in [-0.3, -0.25) is 15.6 Å². The summed E-state index contributed by atoms with van der Waals surface area (Å²) in [6.07, 6.45) is 3.63. The maximum Gasteiger partial charge on any atom is 0.235 e. The number of guanidine groups is 1. The molecule has 0 radical (unpaired) electrons. The lowest BCUT2D eigenvalue weighted by atomic mass is 10.1. The van der Waals surface area contributed by atoms with Gasteiger partial charge in [0, 0.05) is 11.9 Å². The van der Waals surface area contributed by atoms with Crippen molar-refractivity contribution in [2.75, 3.05) is 5.43 Å². The van der Waals surface area contributed by atoms with Crippen LogP contribution in [0.4, 0.5) is 5.13 Å². The Morgan fingerprint density at radius 3 is 2.58 bits per heavy atom. The second-order valence-electron chi connectivity index (χ2n) is 5.13. The smallest absolute Gasteiger partial charge is 0.235 e. The van der Waals surface area contributed by atoms with Gasteiger partial charge in [0.25, 0.3) is 0 Å². The molecule has 2 aromatic rings. The molecule has 8 nitrogen and oxygen atoms in total. The van der Waals surface area contributed by atoms with Crippen molar-refractivity contribution in [2.45, 2.75) is 13.8 Å². The van der Waals surface area contributed by atoms with Crippen molar-refractivity contribution in [1.29, 1.82) is 0 Å². The van der Waals surface area contributed by atoms with Gasteiger partial charge in [-0.1, -0.05) is 41.1 Å². The lowest BCUT2D eigenvalue weighted by molar-refractivity contribution is -0.118. The molecule has 10 heteroatoms. The van der Waals surface area contributed by atoms with E-state index in [2.05, 4.69) is 26.0 Å². The topological polar surface area (TPSA) is 131 Å². The molecule has 26 heavy (non-hydrogen) atoms. The fourth-order valence-electron chi connectivity index (χ4n) is 1.84. The molecule has 0 aliphatic rings. The normalized spacial score (nSPS) is 11.4. The highest BCUT2D eigenvalue weighted by atomic mass is 35.5. The molecular formula is C16H18ClN7OS. The number of nitrogens with two attached hydrogens (primary N) is 2. The number of aryl methyl sites for hydroxylation is 1. The minimum absolute atomic E-state index is 0.152. The molecule has 0 bridgehead atoms. The second kappa shape index (κ2) is 8.97. The van der Waals surface area contributed by atoms with Crippen LogP contribution in [0.2, 0.25) is 5.02 Å². The number of carbonyl (C=O) groups excluding carboxylic acids is 1. The number of carbonyl (C=O) groups is 1. The Morgan fingerprint density at radius 1 is 1.27 bits per heavy atom. The summed E-state index contributed by atoms with van der Waals surface area (Å²) in [5.41, 5.74) is 18.1. The SMILES string of the molecule is CC(=O)NNc1nc(C)c(/C(C=Cc2ccc(Cl)cc2)=N/N=C(N)N)s1. The number of halogens is 1. The van der Waals surface area contributed by atoms with Crippen molar-refractivity contribution >= 4 is 51.7 Å². The molecule has 2 rings (SSSR count). The Hall–Kier alpha value is -2.91. The number of benzene rings is 1. The quantitative estimate of drug-likeness (QED) is 0.341. The van der Waals surface area contributed by atoms with Crippen LogP contribution in [0, 0.1) is 6.92 Å². The summed E-state index contributed by atoms with van der Waals surface area (Å²) in [5, 5.41) is 9.00. The van der Waals surface area contributed by atoms with Crippen molar-refractivity contribution in [1.82, 2.24) is 10.4 Å². The van der Waals surface area contributed by atoms with Crippen LogP contribution < -0.4 is 22.3 Å². The van der Waals surface area contributed by atoms with Crippen molar-refractivity contribution in [3.8, 4) is 0 Å². The monoisotopic (exact) mass is 391 g/mol. The molecule has 0 aliphatic carbocycles. The van der Waals surface area contributed by atoms with Crippen LogP contribution in [-0.4, -0.2) is 22.6 Å². The van der Waals surface area contributed by atoms with E-state index in [0.717, 1.165) is 10.4 Å². The predicted molar refractivity (Wildman–Crippen MR) is 107 cm³/mol. The maximum atomic E-state index is 11.0. The summed E-state index contributed by atoms with van der Waals surface area (Å²) in [7, 11) is 0. The average Bonchev–Trinajstić information content (AvgIpc) is 2.95. The molecule has 0 fully saturated rings. The minimum atomic E-state index is -0.226. The minimum Gasteiger partial charge on any atom is -0.369 e. The molecule has 1 amide bonds. The van der Waals surface area contributed by atoms with Crippen LogP contribution in [0.3, 0.4) is 0 Å². The van der Waals surface area contributed by atoms with E-state index < -0.39 is 0 Å². The second-order valence-corrected chi connectivity index (χ2v) is 6.57. The lowest BCUT2D eigenvalue weighted by Crippen LogP contribution is -2.26. The number of allylic oxidation sites excluding steroid dienone is 1. The Morgan fingerprint density at radius 2 is 1.96 bits per heavy atom. The van der Waals surface area contributed by atoms with Crippen molar-refractivity contribution < 1.29 is 4.79 Å². The number of nitrogens with zero attached hydrogens (tertiary/aromatic N) is 3. The molecule has 1 heterocycles. The molecule has 136 valence electrons. The summed E-state index contributed by atoms with van der Waals surface area (Å²) in [5.74, 6) is -0.377. The van der Waals surface area contributed by atoms with E-state index in [0.29, 0.717) is 21.6 Å². The Bertz CT molecular complexity index is 867. The van der Waals surface area contributed by atoms with Crippen LogP contribution in [0.25, 0.3) is 6.08 Å². The van der Waals surface area contributed by atoms with E-state index in [1.54, 1.807) is 18.2 Å². The number of aromatic nitrogens is 1. The van der Waals surface area contributed by atoms with Gasteiger partial charge in [-0.25, -0.2) is 4.98 Å². The van der Waals surface area contributed by atoms with E-state index in [1.807, 2.05) is 25.1 Å². The largest absolute Gasteiger partial charge is 0.369 e. The zero-order valence-electron chi connectivity index (χ0n) is 14.2. The third-order valence-corrected chi connectivity index (χ3v) is 4.30. The summed E-state index contributed by atoms with van der Waals surface area (Å²) in [6.45, 7) is 3.22. The predicted octanol–water partition coefficient (Wildman–Crippen LogP) is 2.26. The first-order valence-corrected chi connectivity index (χ1v) is 8.65. The highest BCUT2D eigenvalue weighted by molar-refractivity contribution is 7.17. The van der Waals surface area contributed by atoms with E-state index in [9.17, 15) is 4.79 Å². The first-order chi connectivity index (χ1) is 12.3. The van der Waals surface area contributed by atoms with E-state index in [4.69, 9.17) is 23.1 Å². The molecule has 1 aromatic carbocycles. The standard InChI is InChI=1S/C16H18ClN7OS/c1-9-14(26-16(20-9)24-21-10(2)25)13(22-23-15(18)19)8-5-11-3-6-12(17)7-4-11/h3-8H,1-2H3,(H,20,24)(H,21,25)(H4,18,19,23)/b8-5?,22-13+. The number of hydrogen-bond donors (Lipinski definition) is 4. The number of hydrazine groups is 1. The summed E-state index contributed by atoms with van der Waals surface area (Å²) in [6, 6.07) is 7.34. The number of hydrogen-bond acceptors (Lipinski definition) is 6. The van der Waals surface area contributed by atoms with Crippen LogP contribution in [0.15, 0.2) is 40.5 Å². The maximum absolute atomic E-state index is 11.0. The van der Waals surface area contributed by atoms with Crippen LogP contribution in [-0.2, 0) is 4.79 Å². The van der Waals surface area contributed by atoms with E-state index in [1.165, 1.54) is 18.3 Å². The highest BCUT2D eigenvalue weighted by Gasteiger charge is 2.12. The van der Waals surface area contributed by atoms with Gasteiger partial charge in [0.05, 0.1) is 10.6 Å². The zero-order valence-corrected chi connectivity index (χ0v) is 15.7. The Balaban J connectivity index is 2.33. The first-order valence-electron chi connectivity index (χ1n) is 7.46. The Labute approximate surface area is 159 Å². The summed E-state index contributed by atoms with van der Waals surface area (Å²) < 4.78 is 0. The average molecular weight is 392 g/mol. The fraction of sp³-hybridized carbons (Fsp3) is 0.125. The van der Waals surface area contributed by atoms with Gasteiger partial charge in [-0.15, -0.1) is 10.2 Å². The van der Waals surface area contributed by atoms with E-state index in [-0.39, 0.29) is 11.9 Å². The zero-order chi connectivity index (χ0) is 19.1. The van der Waals surface area contributed by atoms with Crippen LogP contribution in [0.1, 0.15) is 23.1 Å². The molecule has 0 atom stereocenters. The third-order valence-electron chi connectivity index (χ3n) is 2.95. The molecule has 0 aliphatic heterocycles. The molecule has 0 saturated heterocycles. The number of nitrogens with one attached hydrogen (secondary N) is 2. The van der Waals surface area contributed by atoms with Crippen LogP contribution in [0.5, 0.6) is 0 Å². The fourth-order valence-corrected chi connectivity index (χ4v) is 2.85. The van der Waals surface area contributed by atoms with Crippen molar-refractivity contribution in [3.63, 3.8) is 0 Å². The lowest BCUT2D eigenvalue weighted by Gasteiger charge is -2.00. The van der Waals surface area contributed by atoms with Gasteiger partial charge in [-0.2, -0.15) is 0 Å². The molecule has 0 unspecified atom stereocenters. The molecular weight excluding hydrogens is 374 g/mol. The molecule has 1 aromatic heterocycles. The highest BCUT2D eigenvalue weighted by Crippen LogP contribution is 2.24. The number of thiazole rings is 1. The van der Waals surface area contributed by atoms with Gasteiger partial charge in [0.1, 0.15) is 5.71 Å². The molecule has 0 spiro atoms. The molecule has 0 saturated carbocycles. The van der Waals surface area contributed by atoms with Gasteiger partial charge < -0.3 is 11.5 Å². The number of amides is 1. The summed E-state index contributed by atoms with van der Waals surface area (Å²) >= 11 is 7.20. The van der Waals surface area contributed by atoms with Gasteiger partial charge >= 0.3 is 0 Å².